The zero-order valence-corrected chi connectivity index (χ0v) is 29.7. The molecule has 0 aliphatic heterocycles. The minimum atomic E-state index is -1.23. The smallest absolute Gasteiger partial charge is 0.121 e. The summed E-state index contributed by atoms with van der Waals surface area (Å²) in [6.45, 7) is 11.4. The van der Waals surface area contributed by atoms with Crippen LogP contribution in [0.1, 0.15) is 25.3 Å². The maximum atomic E-state index is 6.33. The van der Waals surface area contributed by atoms with Gasteiger partial charge in [0.25, 0.3) is 0 Å². The average molecular weight is 781 g/mol. The first kappa shape index (κ1) is 32.2. The van der Waals surface area contributed by atoms with E-state index in [-0.39, 0.29) is 20.1 Å². The van der Waals surface area contributed by atoms with Gasteiger partial charge in [-0.2, -0.15) is 0 Å². The molecule has 3 heterocycles. The molecule has 0 bridgehead atoms. The van der Waals surface area contributed by atoms with E-state index in [1.807, 2.05) is 48.8 Å². The van der Waals surface area contributed by atoms with Gasteiger partial charge in [-0.15, -0.1) is 54.1 Å². The van der Waals surface area contributed by atoms with Gasteiger partial charge < -0.3 is 14.4 Å². The van der Waals surface area contributed by atoms with Gasteiger partial charge in [0.05, 0.1) is 13.7 Å². The van der Waals surface area contributed by atoms with Gasteiger partial charge in [-0.05, 0) is 45.8 Å². The molecule has 4 aromatic carbocycles. The molecule has 0 saturated heterocycles. The maximum Gasteiger partial charge on any atom is 0.121 e. The molecular formula is C40H36IrN2OSi-2. The van der Waals surface area contributed by atoms with Crippen LogP contribution < -0.4 is 5.19 Å². The second-order valence-electron chi connectivity index (χ2n) is 12.4. The molecule has 7 aromatic rings. The van der Waals surface area contributed by atoms with E-state index in [1.165, 1.54) is 16.3 Å². The van der Waals surface area contributed by atoms with E-state index in [0.29, 0.717) is 5.92 Å². The summed E-state index contributed by atoms with van der Waals surface area (Å²) in [7, 11) is -1.23. The molecule has 1 radical (unpaired) electrons. The van der Waals surface area contributed by atoms with Crippen LogP contribution in [0.4, 0.5) is 0 Å². The minimum Gasteiger partial charge on any atom is -0.501 e. The molecule has 3 aromatic heterocycles. The Labute approximate surface area is 280 Å². The van der Waals surface area contributed by atoms with Crippen LogP contribution in [0.25, 0.3) is 55.6 Å². The fourth-order valence-corrected chi connectivity index (χ4v) is 6.27. The molecule has 0 N–H and O–H groups in total. The number of pyridine rings is 2. The Kier molecular flexibility index (Phi) is 9.94. The van der Waals surface area contributed by atoms with E-state index >= 15 is 0 Å². The van der Waals surface area contributed by atoms with E-state index in [9.17, 15) is 0 Å². The zero-order valence-electron chi connectivity index (χ0n) is 26.3. The summed E-state index contributed by atoms with van der Waals surface area (Å²) < 4.78 is 6.33. The molecule has 0 aliphatic rings. The third-order valence-corrected chi connectivity index (χ3v) is 9.89. The van der Waals surface area contributed by atoms with Crippen molar-refractivity contribution in [1.82, 2.24) is 9.97 Å². The molecule has 0 saturated carbocycles. The summed E-state index contributed by atoms with van der Waals surface area (Å²) in [5.74, 6) is 0.449. The monoisotopic (exact) mass is 781 g/mol. The molecule has 0 unspecified atom stereocenters. The minimum absolute atomic E-state index is 0. The van der Waals surface area contributed by atoms with Crippen molar-refractivity contribution in [2.24, 2.45) is 0 Å². The van der Waals surface area contributed by atoms with Crippen molar-refractivity contribution in [3.8, 4) is 33.6 Å². The van der Waals surface area contributed by atoms with E-state index in [4.69, 9.17) is 4.42 Å². The number of aromatic nitrogens is 2. The summed E-state index contributed by atoms with van der Waals surface area (Å²) >= 11 is 0. The number of rotatable bonds is 5. The van der Waals surface area contributed by atoms with Gasteiger partial charge in [-0.1, -0.05) is 111 Å². The van der Waals surface area contributed by atoms with Gasteiger partial charge in [0.1, 0.15) is 5.58 Å². The topological polar surface area (TPSA) is 38.9 Å². The summed E-state index contributed by atoms with van der Waals surface area (Å²) in [5, 5.41) is 3.61. The van der Waals surface area contributed by atoms with Crippen LogP contribution in [-0.2, 0) is 20.1 Å². The first-order chi connectivity index (χ1) is 21.3. The molecule has 45 heavy (non-hydrogen) atoms. The van der Waals surface area contributed by atoms with Crippen molar-refractivity contribution in [2.75, 3.05) is 0 Å². The van der Waals surface area contributed by atoms with Crippen LogP contribution in [0.15, 0.2) is 126 Å². The molecule has 0 aliphatic carbocycles. The summed E-state index contributed by atoms with van der Waals surface area (Å²) in [6.07, 6.45) is 3.88. The Morgan fingerprint density at radius 3 is 2.18 bits per heavy atom. The quantitative estimate of drug-likeness (QED) is 0.129. The Balaban J connectivity index is 0.000000202. The number of hydrogen-bond donors (Lipinski definition) is 0. The Morgan fingerprint density at radius 2 is 1.49 bits per heavy atom. The average Bonchev–Trinajstić information content (AvgIpc) is 3.44. The molecule has 7 rings (SSSR count). The van der Waals surface area contributed by atoms with Crippen LogP contribution in [0.2, 0.25) is 19.6 Å². The van der Waals surface area contributed by atoms with Crippen molar-refractivity contribution >= 4 is 35.2 Å². The predicted octanol–water partition coefficient (Wildman–Crippen LogP) is 10.3. The van der Waals surface area contributed by atoms with Crippen molar-refractivity contribution in [1.29, 1.82) is 0 Å². The van der Waals surface area contributed by atoms with Crippen LogP contribution in [0.3, 0.4) is 0 Å². The number of fused-ring (bicyclic) bond motifs is 3. The second kappa shape index (κ2) is 13.9. The summed E-state index contributed by atoms with van der Waals surface area (Å²) in [4.78, 5) is 9.11. The van der Waals surface area contributed by atoms with Gasteiger partial charge in [0, 0.05) is 37.9 Å². The molecule has 0 atom stereocenters. The first-order valence-corrected chi connectivity index (χ1v) is 18.6. The van der Waals surface area contributed by atoms with Crippen molar-refractivity contribution in [3.05, 3.63) is 139 Å². The molecule has 0 spiro atoms. The molecule has 0 fully saturated rings. The Hall–Kier alpha value is -4.15. The Bertz CT molecular complexity index is 2010. The van der Waals surface area contributed by atoms with Crippen molar-refractivity contribution in [3.63, 3.8) is 0 Å². The van der Waals surface area contributed by atoms with Gasteiger partial charge in [0.15, 0.2) is 0 Å². The van der Waals surface area contributed by atoms with Gasteiger partial charge in [0.2, 0.25) is 0 Å². The van der Waals surface area contributed by atoms with Crippen LogP contribution in [0, 0.1) is 12.1 Å². The molecule has 0 amide bonds. The standard InChI is InChI=1S/C26H20NO.C14H16NSi.Ir/c1-17(2)19-13-14-27-24(15-19)23-10-6-9-22-21-12-11-20(16-25(21)28-26(22)23)18-7-4-3-5-8-18;1-16(2,3)13-9-10-14(15-11-13)12-7-5-4-6-8-12;/h3-9,11-17H,1-2H3;4-7,9-11H,1-3H3;/q2*-1;. The number of furan rings is 1. The Morgan fingerprint density at radius 1 is 0.689 bits per heavy atom. The van der Waals surface area contributed by atoms with Crippen LogP contribution in [-0.4, -0.2) is 18.0 Å². The largest absolute Gasteiger partial charge is 0.501 e. The third kappa shape index (κ3) is 7.23. The number of nitrogens with zero attached hydrogens (tertiary/aromatic N) is 2. The van der Waals surface area contributed by atoms with Crippen LogP contribution >= 0.6 is 0 Å². The summed E-state index contributed by atoms with van der Waals surface area (Å²) in [5.41, 5.74) is 9.20. The van der Waals surface area contributed by atoms with Crippen molar-refractivity contribution in [2.45, 2.75) is 39.4 Å². The normalized spacial score (nSPS) is 11.2. The SMILES string of the molecule is CC(C)c1ccnc(-c2[c-]ccc3c2oc2cc(-c4ccccc4)ccc23)c1.C[Si](C)(C)c1ccc(-c2[c-]cccc2)nc1.[Ir]. The third-order valence-electron chi connectivity index (χ3n) is 7.86. The number of hydrogen-bond acceptors (Lipinski definition) is 3. The van der Waals surface area contributed by atoms with Crippen LogP contribution in [0.5, 0.6) is 0 Å². The van der Waals surface area contributed by atoms with Crippen molar-refractivity contribution < 1.29 is 24.5 Å². The first-order valence-electron chi connectivity index (χ1n) is 15.1. The van der Waals surface area contributed by atoms with Gasteiger partial charge in [-0.25, -0.2) is 0 Å². The maximum absolute atomic E-state index is 6.33. The molecule has 227 valence electrons. The molecule has 5 heteroatoms. The van der Waals surface area contributed by atoms with Gasteiger partial charge in [-0.3, -0.25) is 0 Å². The molecular weight excluding hydrogens is 745 g/mol. The second-order valence-corrected chi connectivity index (χ2v) is 17.4. The zero-order chi connectivity index (χ0) is 30.7. The summed E-state index contributed by atoms with van der Waals surface area (Å²) in [6, 6.07) is 43.8. The van der Waals surface area contributed by atoms with E-state index in [2.05, 4.69) is 128 Å². The predicted molar refractivity (Wildman–Crippen MR) is 187 cm³/mol. The fraction of sp³-hybridized carbons (Fsp3) is 0.150. The van der Waals surface area contributed by atoms with Gasteiger partial charge >= 0.3 is 0 Å². The van der Waals surface area contributed by atoms with E-state index in [0.717, 1.165) is 50.0 Å². The molecule has 3 nitrogen and oxygen atoms in total. The van der Waals surface area contributed by atoms with E-state index in [1.54, 1.807) is 0 Å². The van der Waals surface area contributed by atoms with E-state index < -0.39 is 8.07 Å². The fourth-order valence-electron chi connectivity index (χ4n) is 5.23. The number of benzene rings is 4.